The molecule has 0 spiro atoms. The molecule has 0 bridgehead atoms. The lowest BCUT2D eigenvalue weighted by Gasteiger charge is -2.66. The van der Waals surface area contributed by atoms with Crippen LogP contribution in [0, 0.1) is 16.7 Å². The minimum atomic E-state index is -2.04. The summed E-state index contributed by atoms with van der Waals surface area (Å²) in [6, 6.07) is 6.20. The number of aliphatic hydroxyl groups excluding tert-OH is 1. The molecule has 12 heteroatoms. The minimum absolute atomic E-state index is 0.105. The van der Waals surface area contributed by atoms with Crippen LogP contribution in [0.5, 0.6) is 0 Å². The van der Waals surface area contributed by atoms with Crippen molar-refractivity contribution in [2.45, 2.75) is 77.8 Å². The molecule has 46 heavy (non-hydrogen) atoms. The second-order valence-electron chi connectivity index (χ2n) is 12.7. The number of aromatic nitrogens is 2. The zero-order valence-corrected chi connectivity index (χ0v) is 26.4. The molecule has 5 rings (SSSR count). The van der Waals surface area contributed by atoms with E-state index in [-0.39, 0.29) is 29.7 Å². The van der Waals surface area contributed by atoms with Crippen molar-refractivity contribution in [2.24, 2.45) is 16.7 Å². The SMILES string of the molecule is CC(=O)O[C@@H](CC1=C(O)C(=O)OC1)[C@]1(C)[C@@H]2CCC=C(C)[C@]2(C)[C@@H](OC(=O)c2cccnc2)[C@H](OC(=O)c2cccnc2)[C@]1(C)O. The summed E-state index contributed by atoms with van der Waals surface area (Å²) < 4.78 is 23.3. The Labute approximate surface area is 266 Å². The Kier molecular flexibility index (Phi) is 8.78. The van der Waals surface area contributed by atoms with E-state index in [9.17, 15) is 29.4 Å². The van der Waals surface area contributed by atoms with E-state index in [4.69, 9.17) is 18.9 Å². The fraction of sp³-hybridized carbons (Fsp3) is 0.471. The zero-order chi connectivity index (χ0) is 33.4. The van der Waals surface area contributed by atoms with Crippen molar-refractivity contribution in [3.05, 3.63) is 83.2 Å². The molecule has 12 nitrogen and oxygen atoms in total. The average molecular weight is 635 g/mol. The Morgan fingerprint density at radius 2 is 1.61 bits per heavy atom. The first-order valence-electron chi connectivity index (χ1n) is 15.1. The lowest BCUT2D eigenvalue weighted by atomic mass is 9.42. The molecule has 2 aromatic rings. The molecule has 2 aromatic heterocycles. The van der Waals surface area contributed by atoms with E-state index in [0.717, 1.165) is 5.57 Å². The van der Waals surface area contributed by atoms with Crippen molar-refractivity contribution in [1.82, 2.24) is 9.97 Å². The second-order valence-corrected chi connectivity index (χ2v) is 12.7. The van der Waals surface area contributed by atoms with Crippen LogP contribution >= 0.6 is 0 Å². The van der Waals surface area contributed by atoms with Crippen molar-refractivity contribution in [2.75, 3.05) is 6.61 Å². The van der Waals surface area contributed by atoms with E-state index in [1.54, 1.807) is 25.1 Å². The molecule has 1 fully saturated rings. The van der Waals surface area contributed by atoms with Crippen LogP contribution in [-0.2, 0) is 28.5 Å². The number of fused-ring (bicyclic) bond motifs is 1. The minimum Gasteiger partial charge on any atom is -0.502 e. The highest BCUT2D eigenvalue weighted by Crippen LogP contribution is 2.65. The molecule has 0 unspecified atom stereocenters. The molecule has 0 radical (unpaired) electrons. The maximum absolute atomic E-state index is 13.6. The van der Waals surface area contributed by atoms with Crippen molar-refractivity contribution in [1.29, 1.82) is 0 Å². The number of esters is 4. The summed E-state index contributed by atoms with van der Waals surface area (Å²) in [6.45, 7) is 7.98. The van der Waals surface area contributed by atoms with Gasteiger partial charge in [0.1, 0.15) is 18.3 Å². The van der Waals surface area contributed by atoms with Gasteiger partial charge in [0.2, 0.25) is 5.76 Å². The highest BCUT2D eigenvalue weighted by Gasteiger charge is 2.73. The Bertz CT molecular complexity index is 1590. The quantitative estimate of drug-likeness (QED) is 0.243. The van der Waals surface area contributed by atoms with Gasteiger partial charge in [0.25, 0.3) is 0 Å². The van der Waals surface area contributed by atoms with Gasteiger partial charge in [-0.25, -0.2) is 14.4 Å². The van der Waals surface area contributed by atoms with E-state index in [0.29, 0.717) is 12.8 Å². The Morgan fingerprint density at radius 3 is 2.11 bits per heavy atom. The number of carbonyl (C=O) groups is 4. The standard InChI is InChI=1S/C34H38N2O10/c1-19-9-6-12-24-32(19,3)27(45-29(39)21-10-7-13-35-16-21)28(46-30(40)22-11-8-14-36-17-22)34(5,42)33(24,4)25(44-20(2)37)15-23-18-43-31(41)26(23)38/h7-11,13-14,16-17,24-25,27-28,38,42H,6,12,15,18H2,1-5H3/t24-,25+,27+,28+,32+,33+,34+/m1/s1. The van der Waals surface area contributed by atoms with Crippen molar-refractivity contribution >= 4 is 23.9 Å². The predicted octanol–water partition coefficient (Wildman–Crippen LogP) is 4.05. The highest BCUT2D eigenvalue weighted by atomic mass is 16.6. The third-order valence-electron chi connectivity index (χ3n) is 10.3. The van der Waals surface area contributed by atoms with Gasteiger partial charge in [-0.1, -0.05) is 25.5 Å². The summed E-state index contributed by atoms with van der Waals surface area (Å²) in [4.78, 5) is 60.0. The van der Waals surface area contributed by atoms with Gasteiger partial charge in [-0.15, -0.1) is 0 Å². The van der Waals surface area contributed by atoms with Gasteiger partial charge in [0, 0.05) is 54.5 Å². The van der Waals surface area contributed by atoms with Crippen LogP contribution in [0.25, 0.3) is 0 Å². The van der Waals surface area contributed by atoms with Gasteiger partial charge in [-0.3, -0.25) is 14.8 Å². The van der Waals surface area contributed by atoms with Crippen LogP contribution in [-0.4, -0.2) is 74.6 Å². The van der Waals surface area contributed by atoms with Gasteiger partial charge in [-0.05, 0) is 56.9 Å². The molecule has 2 aliphatic carbocycles. The zero-order valence-electron chi connectivity index (χ0n) is 26.4. The fourth-order valence-electron chi connectivity index (χ4n) is 7.51. The summed E-state index contributed by atoms with van der Waals surface area (Å²) >= 11 is 0. The van der Waals surface area contributed by atoms with E-state index >= 15 is 0 Å². The van der Waals surface area contributed by atoms with Gasteiger partial charge in [0.15, 0.2) is 12.2 Å². The summed E-state index contributed by atoms with van der Waals surface area (Å²) in [5, 5.41) is 23.3. The third kappa shape index (κ3) is 5.44. The number of aliphatic hydroxyl groups is 2. The van der Waals surface area contributed by atoms with Crippen LogP contribution in [0.15, 0.2) is 72.0 Å². The average Bonchev–Trinajstić information content (AvgIpc) is 3.35. The van der Waals surface area contributed by atoms with Gasteiger partial charge >= 0.3 is 23.9 Å². The van der Waals surface area contributed by atoms with Crippen LogP contribution in [0.4, 0.5) is 0 Å². The molecule has 1 saturated carbocycles. The number of hydrogen-bond acceptors (Lipinski definition) is 12. The number of hydrogen-bond donors (Lipinski definition) is 2. The number of nitrogens with zero attached hydrogens (tertiary/aromatic N) is 2. The molecule has 2 N–H and O–H groups in total. The monoisotopic (exact) mass is 634 g/mol. The smallest absolute Gasteiger partial charge is 0.373 e. The summed E-state index contributed by atoms with van der Waals surface area (Å²) in [5.74, 6) is -4.23. The fourth-order valence-corrected chi connectivity index (χ4v) is 7.51. The predicted molar refractivity (Wildman–Crippen MR) is 161 cm³/mol. The van der Waals surface area contributed by atoms with Crippen molar-refractivity contribution in [3.8, 4) is 0 Å². The largest absolute Gasteiger partial charge is 0.502 e. The molecule has 244 valence electrons. The molecule has 0 aromatic carbocycles. The normalized spacial score (nSPS) is 31.2. The van der Waals surface area contributed by atoms with Gasteiger partial charge < -0.3 is 29.2 Å². The first-order valence-corrected chi connectivity index (χ1v) is 15.1. The van der Waals surface area contributed by atoms with Gasteiger partial charge in [-0.2, -0.15) is 0 Å². The Morgan fingerprint density at radius 1 is 1.02 bits per heavy atom. The Hall–Kier alpha value is -4.58. The van der Waals surface area contributed by atoms with E-state index in [1.165, 1.54) is 44.7 Å². The van der Waals surface area contributed by atoms with Crippen LogP contribution < -0.4 is 0 Å². The Balaban J connectivity index is 1.70. The van der Waals surface area contributed by atoms with E-state index in [1.807, 2.05) is 19.9 Å². The summed E-state index contributed by atoms with van der Waals surface area (Å²) in [5.41, 5.74) is -3.23. The van der Waals surface area contributed by atoms with E-state index < -0.39 is 70.3 Å². The lowest BCUT2D eigenvalue weighted by molar-refractivity contribution is -0.290. The number of rotatable bonds is 8. The molecule has 0 amide bonds. The van der Waals surface area contributed by atoms with E-state index in [2.05, 4.69) is 9.97 Å². The number of cyclic esters (lactones) is 1. The summed E-state index contributed by atoms with van der Waals surface area (Å²) in [6.07, 6.45) is 4.77. The molecule has 0 saturated heterocycles. The van der Waals surface area contributed by atoms with Crippen molar-refractivity contribution in [3.63, 3.8) is 0 Å². The van der Waals surface area contributed by atoms with Crippen LogP contribution in [0.2, 0.25) is 0 Å². The number of pyridine rings is 2. The molecular weight excluding hydrogens is 596 g/mol. The first kappa shape index (κ1) is 32.8. The number of allylic oxidation sites excluding steroid dienone is 1. The first-order chi connectivity index (χ1) is 21.7. The van der Waals surface area contributed by atoms with Crippen LogP contribution in [0.3, 0.4) is 0 Å². The number of ether oxygens (including phenoxy) is 4. The van der Waals surface area contributed by atoms with Crippen LogP contribution in [0.1, 0.15) is 74.6 Å². The maximum Gasteiger partial charge on any atom is 0.373 e. The molecular formula is C34H38N2O10. The molecule has 1 aliphatic heterocycles. The molecule has 3 aliphatic rings. The lowest BCUT2D eigenvalue weighted by Crippen LogP contribution is -2.75. The molecule has 7 atom stereocenters. The second kappa shape index (κ2) is 12.3. The molecule has 3 heterocycles. The maximum atomic E-state index is 13.6. The van der Waals surface area contributed by atoms with Crippen molar-refractivity contribution < 1.29 is 48.3 Å². The topological polar surface area (TPSA) is 171 Å². The van der Waals surface area contributed by atoms with Gasteiger partial charge in [0.05, 0.1) is 11.1 Å². The third-order valence-corrected chi connectivity index (χ3v) is 10.3. The number of carbonyl (C=O) groups excluding carboxylic acids is 4. The summed E-state index contributed by atoms with van der Waals surface area (Å²) in [7, 11) is 0. The highest BCUT2D eigenvalue weighted by molar-refractivity contribution is 5.90.